The minimum Gasteiger partial charge on any atom is -0.367 e. The zero-order chi connectivity index (χ0) is 23.6. The molecule has 1 aliphatic rings. The Hall–Kier alpha value is -3.61. The quantitative estimate of drug-likeness (QED) is 0.467. The number of nitriles is 1. The topological polar surface area (TPSA) is 105 Å². The van der Waals surface area contributed by atoms with Crippen molar-refractivity contribution in [1.29, 1.82) is 10.7 Å². The molecule has 10 heteroatoms. The van der Waals surface area contributed by atoms with Crippen LogP contribution >= 0.6 is 0 Å². The molecule has 1 aromatic heterocycles. The van der Waals surface area contributed by atoms with Crippen LogP contribution in [0.3, 0.4) is 0 Å². The molecule has 32 heavy (non-hydrogen) atoms. The fourth-order valence-electron chi connectivity index (χ4n) is 3.61. The van der Waals surface area contributed by atoms with Crippen LogP contribution in [0.1, 0.15) is 53.5 Å². The number of nitrogens with one attached hydrogen (secondary N) is 3. The molecule has 7 nitrogen and oxygen atoms in total. The maximum Gasteiger partial charge on any atom is 0.270 e. The second-order valence-electron chi connectivity index (χ2n) is 7.99. The molecule has 3 rings (SSSR count). The summed E-state index contributed by atoms with van der Waals surface area (Å²) in [7, 11) is 1.43. The molecule has 3 N–H and O–H groups in total. The number of halogens is 3. The van der Waals surface area contributed by atoms with Crippen LogP contribution in [0.25, 0.3) is 0 Å². The van der Waals surface area contributed by atoms with Crippen LogP contribution in [0.2, 0.25) is 0 Å². The van der Waals surface area contributed by atoms with Crippen LogP contribution in [0.4, 0.5) is 18.9 Å². The fraction of sp³-hybridized carbons (Fsp3) is 0.364. The van der Waals surface area contributed by atoms with E-state index in [0.717, 1.165) is 6.07 Å². The summed E-state index contributed by atoms with van der Waals surface area (Å²) in [4.78, 5) is 18.4. The summed E-state index contributed by atoms with van der Waals surface area (Å²) in [5.74, 6) is -1.76. The van der Waals surface area contributed by atoms with Crippen LogP contribution in [0, 0.1) is 28.0 Å². The van der Waals surface area contributed by atoms with Gasteiger partial charge in [0.25, 0.3) is 12.3 Å². The molecule has 1 atom stereocenters. The molecule has 0 radical (unpaired) electrons. The van der Waals surface area contributed by atoms with Crippen molar-refractivity contribution in [3.05, 3.63) is 58.7 Å². The molecule has 0 saturated carbocycles. The van der Waals surface area contributed by atoms with Crippen molar-refractivity contribution >= 4 is 17.4 Å². The minimum atomic E-state index is -2.96. The molecular formula is C22H23F3N6O. The number of alkyl halides is 2. The predicted octanol–water partition coefficient (Wildman–Crippen LogP) is 3.54. The highest BCUT2D eigenvalue weighted by atomic mass is 19.3. The number of hydrogen-bond donors (Lipinski definition) is 3. The Labute approximate surface area is 183 Å². The van der Waals surface area contributed by atoms with Crippen molar-refractivity contribution in [2.75, 3.05) is 25.0 Å². The zero-order valence-electron chi connectivity index (χ0n) is 17.8. The van der Waals surface area contributed by atoms with Gasteiger partial charge >= 0.3 is 0 Å². The number of pyridine rings is 1. The van der Waals surface area contributed by atoms with Crippen LogP contribution in [0.5, 0.6) is 0 Å². The van der Waals surface area contributed by atoms with Gasteiger partial charge in [-0.05, 0) is 19.9 Å². The second kappa shape index (κ2) is 8.86. The van der Waals surface area contributed by atoms with Crippen LogP contribution in [-0.2, 0) is 0 Å². The number of amides is 1. The Kier molecular flexibility index (Phi) is 6.39. The summed E-state index contributed by atoms with van der Waals surface area (Å²) in [5, 5.41) is 22.9. The van der Waals surface area contributed by atoms with Gasteiger partial charge in [-0.25, -0.2) is 18.2 Å². The average Bonchev–Trinajstić information content (AvgIpc) is 2.75. The Morgan fingerprint density at radius 1 is 1.34 bits per heavy atom. The first-order valence-corrected chi connectivity index (χ1v) is 9.90. The first kappa shape index (κ1) is 23.1. The third kappa shape index (κ3) is 4.37. The lowest BCUT2D eigenvalue weighted by molar-refractivity contribution is 0.0958. The normalized spacial score (nSPS) is 15.5. The molecule has 2 heterocycles. The van der Waals surface area contributed by atoms with E-state index in [1.54, 1.807) is 6.07 Å². The first-order valence-electron chi connectivity index (χ1n) is 9.90. The van der Waals surface area contributed by atoms with Gasteiger partial charge < -0.3 is 15.5 Å². The van der Waals surface area contributed by atoms with Crippen molar-refractivity contribution in [2.45, 2.75) is 26.3 Å². The van der Waals surface area contributed by atoms with Gasteiger partial charge in [0.1, 0.15) is 17.3 Å². The van der Waals surface area contributed by atoms with Gasteiger partial charge in [0.05, 0.1) is 35.0 Å². The second-order valence-corrected chi connectivity index (χ2v) is 7.99. The lowest BCUT2D eigenvalue weighted by Crippen LogP contribution is -2.54. The Balaban J connectivity index is 1.89. The van der Waals surface area contributed by atoms with Crippen LogP contribution < -0.4 is 15.5 Å². The molecule has 0 aliphatic carbocycles. The van der Waals surface area contributed by atoms with Gasteiger partial charge in [-0.2, -0.15) is 5.26 Å². The minimum absolute atomic E-state index is 0.00804. The van der Waals surface area contributed by atoms with Crippen molar-refractivity contribution in [2.24, 2.45) is 5.41 Å². The van der Waals surface area contributed by atoms with Gasteiger partial charge in [0.15, 0.2) is 0 Å². The number of aromatic nitrogens is 1. The summed E-state index contributed by atoms with van der Waals surface area (Å²) >= 11 is 0. The monoisotopic (exact) mass is 444 g/mol. The van der Waals surface area contributed by atoms with E-state index < -0.39 is 35.2 Å². The third-order valence-electron chi connectivity index (χ3n) is 5.42. The average molecular weight is 444 g/mol. The van der Waals surface area contributed by atoms with Crippen molar-refractivity contribution in [1.82, 2.24) is 15.6 Å². The van der Waals surface area contributed by atoms with Crippen LogP contribution in [0.15, 0.2) is 30.5 Å². The van der Waals surface area contributed by atoms with E-state index in [9.17, 15) is 23.2 Å². The molecule has 0 spiro atoms. The molecule has 1 fully saturated rings. The van der Waals surface area contributed by atoms with E-state index in [4.69, 9.17) is 5.41 Å². The molecule has 2 aromatic rings. The Bertz CT molecular complexity index is 1090. The summed E-state index contributed by atoms with van der Waals surface area (Å²) in [6, 6.07) is 6.73. The highest BCUT2D eigenvalue weighted by Gasteiger charge is 2.39. The van der Waals surface area contributed by atoms with Crippen molar-refractivity contribution in [3.8, 4) is 6.07 Å². The van der Waals surface area contributed by atoms with Crippen LogP contribution in [-0.4, -0.2) is 36.9 Å². The van der Waals surface area contributed by atoms with Crippen molar-refractivity contribution < 1.29 is 18.0 Å². The molecule has 168 valence electrons. The number of amidine groups is 1. The fourth-order valence-corrected chi connectivity index (χ4v) is 3.61. The first-order chi connectivity index (χ1) is 15.1. The molecule has 0 unspecified atom stereocenters. The SMILES string of the molecule is CNC(=O)c1ncc(N2CC(C)(C#N)C2)cc1C(=N)N[C@H](C)c1cccc(C(F)F)c1F. The summed E-state index contributed by atoms with van der Waals surface area (Å²) < 4.78 is 40.6. The lowest BCUT2D eigenvalue weighted by Gasteiger charge is -2.44. The number of benzene rings is 1. The largest absolute Gasteiger partial charge is 0.367 e. The van der Waals surface area contributed by atoms with E-state index >= 15 is 0 Å². The molecular weight excluding hydrogens is 421 g/mol. The highest BCUT2D eigenvalue weighted by molar-refractivity contribution is 6.07. The van der Waals surface area contributed by atoms with Gasteiger partial charge in [0.2, 0.25) is 0 Å². The van der Waals surface area contributed by atoms with E-state index in [2.05, 4.69) is 21.7 Å². The summed E-state index contributed by atoms with van der Waals surface area (Å²) in [6.45, 7) is 4.33. The number of hydrogen-bond acceptors (Lipinski definition) is 5. The lowest BCUT2D eigenvalue weighted by atomic mass is 9.83. The molecule has 1 aromatic carbocycles. The summed E-state index contributed by atoms with van der Waals surface area (Å²) in [6.07, 6.45) is -1.47. The van der Waals surface area contributed by atoms with Gasteiger partial charge in [0, 0.05) is 31.3 Å². The predicted molar refractivity (Wildman–Crippen MR) is 113 cm³/mol. The number of rotatable bonds is 6. The van der Waals surface area contributed by atoms with Crippen molar-refractivity contribution in [3.63, 3.8) is 0 Å². The van der Waals surface area contributed by atoms with E-state index in [1.165, 1.54) is 32.3 Å². The standard InChI is InChI=1S/C22H23F3N6O/c1-12(14-5-4-6-15(17(14)23)19(24)25)30-20(27)16-7-13(8-29-18(16)21(32)28-3)31-10-22(2,9-26)11-31/h4-8,12,19H,10-11H2,1-3H3,(H2,27,30)(H,28,32)/t12-/m1/s1. The number of nitrogens with zero attached hydrogens (tertiary/aromatic N) is 3. The van der Waals surface area contributed by atoms with E-state index in [0.29, 0.717) is 18.8 Å². The van der Waals surface area contributed by atoms with E-state index in [-0.39, 0.29) is 22.7 Å². The molecule has 0 bridgehead atoms. The zero-order valence-corrected chi connectivity index (χ0v) is 17.8. The number of carbonyl (C=O) groups is 1. The van der Waals surface area contributed by atoms with Gasteiger partial charge in [-0.1, -0.05) is 18.2 Å². The molecule has 1 aliphatic heterocycles. The Morgan fingerprint density at radius 3 is 2.59 bits per heavy atom. The highest BCUT2D eigenvalue weighted by Crippen LogP contribution is 2.34. The van der Waals surface area contributed by atoms with Gasteiger partial charge in [-0.3, -0.25) is 10.2 Å². The summed E-state index contributed by atoms with van der Waals surface area (Å²) in [5.41, 5.74) is -0.421. The van der Waals surface area contributed by atoms with E-state index in [1.807, 2.05) is 11.8 Å². The number of carbonyl (C=O) groups excluding carboxylic acids is 1. The van der Waals surface area contributed by atoms with Gasteiger partial charge in [-0.15, -0.1) is 0 Å². The maximum absolute atomic E-state index is 14.5. The Morgan fingerprint density at radius 2 is 2.00 bits per heavy atom. The molecule has 1 amide bonds. The number of anilines is 1. The maximum atomic E-state index is 14.5. The molecule has 1 saturated heterocycles. The third-order valence-corrected chi connectivity index (χ3v) is 5.42. The smallest absolute Gasteiger partial charge is 0.270 e.